The molecular weight excluding hydrogens is 368 g/mol. The van der Waals surface area contributed by atoms with Gasteiger partial charge in [0, 0.05) is 62.5 Å². The molecule has 1 aromatic carbocycles. The van der Waals surface area contributed by atoms with E-state index in [1.165, 1.54) is 5.56 Å². The molecule has 1 aliphatic rings. The number of hydrogen-bond donors (Lipinski definition) is 0. The summed E-state index contributed by atoms with van der Waals surface area (Å²) < 4.78 is 0. The lowest BCUT2D eigenvalue weighted by Gasteiger charge is -2.34. The number of pyridine rings is 1. The second-order valence-electron chi connectivity index (χ2n) is 7.03. The highest BCUT2D eigenvalue weighted by Crippen LogP contribution is 2.23. The van der Waals surface area contributed by atoms with Crippen LogP contribution in [-0.4, -0.2) is 51.9 Å². The number of rotatable bonds is 6. The third-order valence-corrected chi connectivity index (χ3v) is 5.97. The number of hydrogen-bond acceptors (Lipinski definition) is 5. The van der Waals surface area contributed by atoms with Crippen LogP contribution in [0.3, 0.4) is 0 Å². The quantitative estimate of drug-likeness (QED) is 0.644. The summed E-state index contributed by atoms with van der Waals surface area (Å²) in [5.41, 5.74) is 3.34. The lowest BCUT2D eigenvalue weighted by molar-refractivity contribution is -0.133. The summed E-state index contributed by atoms with van der Waals surface area (Å²) in [4.78, 5) is 25.8. The Morgan fingerprint density at radius 3 is 2.61 bits per heavy atom. The van der Waals surface area contributed by atoms with Crippen molar-refractivity contribution in [3.05, 3.63) is 71.5 Å². The maximum atomic E-state index is 12.6. The van der Waals surface area contributed by atoms with Crippen molar-refractivity contribution in [1.82, 2.24) is 19.8 Å². The monoisotopic (exact) mass is 392 g/mol. The maximum absolute atomic E-state index is 12.6. The van der Waals surface area contributed by atoms with Gasteiger partial charge in [-0.05, 0) is 24.1 Å². The predicted molar refractivity (Wildman–Crippen MR) is 112 cm³/mol. The molecule has 0 unspecified atom stereocenters. The van der Waals surface area contributed by atoms with Gasteiger partial charge in [0.1, 0.15) is 5.01 Å². The Bertz CT molecular complexity index is 889. The van der Waals surface area contributed by atoms with Gasteiger partial charge >= 0.3 is 0 Å². The molecule has 0 radical (unpaired) electrons. The molecule has 1 amide bonds. The fraction of sp³-hybridized carbons (Fsp3) is 0.318. The van der Waals surface area contributed by atoms with Crippen molar-refractivity contribution in [2.45, 2.75) is 19.4 Å². The van der Waals surface area contributed by atoms with Crippen molar-refractivity contribution in [3.8, 4) is 10.6 Å². The Kier molecular flexibility index (Phi) is 6.09. The number of aromatic nitrogens is 2. The second kappa shape index (κ2) is 9.08. The summed E-state index contributed by atoms with van der Waals surface area (Å²) in [6, 6.07) is 14.4. The zero-order valence-electron chi connectivity index (χ0n) is 15.8. The smallest absolute Gasteiger partial charge is 0.223 e. The van der Waals surface area contributed by atoms with Crippen molar-refractivity contribution in [2.75, 3.05) is 26.2 Å². The Morgan fingerprint density at radius 2 is 1.86 bits per heavy atom. The van der Waals surface area contributed by atoms with Gasteiger partial charge < -0.3 is 4.90 Å². The molecule has 28 heavy (non-hydrogen) atoms. The molecule has 144 valence electrons. The van der Waals surface area contributed by atoms with Crippen molar-refractivity contribution in [1.29, 1.82) is 0 Å². The van der Waals surface area contributed by atoms with Gasteiger partial charge in [0.25, 0.3) is 0 Å². The predicted octanol–water partition coefficient (Wildman–Crippen LogP) is 3.48. The summed E-state index contributed by atoms with van der Waals surface area (Å²) in [5, 5.41) is 3.01. The molecule has 1 saturated heterocycles. The molecule has 0 N–H and O–H groups in total. The minimum atomic E-state index is 0.232. The Balaban J connectivity index is 1.23. The SMILES string of the molecule is O=C(CCc1csc(-c2cccnc2)n1)N1CCN(Cc2ccccc2)CC1. The van der Waals surface area contributed by atoms with E-state index >= 15 is 0 Å². The van der Waals surface area contributed by atoms with Gasteiger partial charge in [0.15, 0.2) is 0 Å². The van der Waals surface area contributed by atoms with Gasteiger partial charge in [-0.2, -0.15) is 0 Å². The van der Waals surface area contributed by atoms with E-state index in [-0.39, 0.29) is 5.91 Å². The van der Waals surface area contributed by atoms with Crippen molar-refractivity contribution in [3.63, 3.8) is 0 Å². The molecule has 5 nitrogen and oxygen atoms in total. The van der Waals surface area contributed by atoms with Gasteiger partial charge in [-0.25, -0.2) is 4.98 Å². The van der Waals surface area contributed by atoms with E-state index < -0.39 is 0 Å². The third kappa shape index (κ3) is 4.82. The van der Waals surface area contributed by atoms with Crippen LogP contribution in [-0.2, 0) is 17.8 Å². The number of amides is 1. The number of piperazine rings is 1. The van der Waals surface area contributed by atoms with Crippen LogP contribution in [0, 0.1) is 0 Å². The van der Waals surface area contributed by atoms with Gasteiger partial charge in [-0.3, -0.25) is 14.7 Å². The first-order chi connectivity index (χ1) is 13.8. The summed E-state index contributed by atoms with van der Waals surface area (Å²) in [7, 11) is 0. The Morgan fingerprint density at radius 1 is 1.04 bits per heavy atom. The molecule has 6 heteroatoms. The van der Waals surface area contributed by atoms with E-state index in [4.69, 9.17) is 0 Å². The average molecular weight is 393 g/mol. The van der Waals surface area contributed by atoms with Crippen LogP contribution in [0.4, 0.5) is 0 Å². The fourth-order valence-corrected chi connectivity index (χ4v) is 4.28. The van der Waals surface area contributed by atoms with Crippen LogP contribution < -0.4 is 0 Å². The molecule has 0 spiro atoms. The zero-order chi connectivity index (χ0) is 19.2. The number of nitrogens with zero attached hydrogens (tertiary/aromatic N) is 4. The van der Waals surface area contributed by atoms with Gasteiger partial charge in [-0.1, -0.05) is 30.3 Å². The highest BCUT2D eigenvalue weighted by molar-refractivity contribution is 7.13. The number of carbonyl (C=O) groups is 1. The Labute approximate surface area is 169 Å². The van der Waals surface area contributed by atoms with E-state index in [1.807, 2.05) is 34.7 Å². The minimum Gasteiger partial charge on any atom is -0.340 e. The normalized spacial score (nSPS) is 14.9. The van der Waals surface area contributed by atoms with Gasteiger partial charge in [-0.15, -0.1) is 11.3 Å². The van der Waals surface area contributed by atoms with Crippen LogP contribution in [0.5, 0.6) is 0 Å². The van der Waals surface area contributed by atoms with Crippen LogP contribution in [0.25, 0.3) is 10.6 Å². The lowest BCUT2D eigenvalue weighted by Crippen LogP contribution is -2.48. The molecule has 4 rings (SSSR count). The molecular formula is C22H24N4OS. The van der Waals surface area contributed by atoms with Crippen molar-refractivity contribution in [2.24, 2.45) is 0 Å². The zero-order valence-corrected chi connectivity index (χ0v) is 16.6. The number of benzene rings is 1. The third-order valence-electron chi connectivity index (χ3n) is 5.03. The van der Waals surface area contributed by atoms with Gasteiger partial charge in [0.2, 0.25) is 5.91 Å². The summed E-state index contributed by atoms with van der Waals surface area (Å²) in [6.45, 7) is 4.44. The van der Waals surface area contributed by atoms with E-state index in [2.05, 4.69) is 39.1 Å². The first-order valence-corrected chi connectivity index (χ1v) is 10.5. The topological polar surface area (TPSA) is 49.3 Å². The molecule has 1 aliphatic heterocycles. The van der Waals surface area contributed by atoms with Crippen molar-refractivity contribution >= 4 is 17.2 Å². The van der Waals surface area contributed by atoms with E-state index in [9.17, 15) is 4.79 Å². The van der Waals surface area contributed by atoms with Crippen LogP contribution >= 0.6 is 11.3 Å². The van der Waals surface area contributed by atoms with E-state index in [0.717, 1.165) is 49.0 Å². The molecule has 0 aliphatic carbocycles. The summed E-state index contributed by atoms with van der Waals surface area (Å²) in [6.07, 6.45) is 4.80. The number of thiazole rings is 1. The fourth-order valence-electron chi connectivity index (χ4n) is 3.43. The largest absolute Gasteiger partial charge is 0.340 e. The highest BCUT2D eigenvalue weighted by atomic mass is 32.1. The van der Waals surface area contributed by atoms with E-state index in [1.54, 1.807) is 17.5 Å². The average Bonchev–Trinajstić information content (AvgIpc) is 3.23. The number of carbonyl (C=O) groups excluding carboxylic acids is 1. The molecule has 0 saturated carbocycles. The molecule has 0 bridgehead atoms. The highest BCUT2D eigenvalue weighted by Gasteiger charge is 2.21. The Hall–Kier alpha value is -2.57. The van der Waals surface area contributed by atoms with Crippen LogP contribution in [0.15, 0.2) is 60.2 Å². The maximum Gasteiger partial charge on any atom is 0.223 e. The standard InChI is InChI=1S/C22H24N4OS/c27-21(9-8-20-17-28-22(24-20)19-7-4-10-23-15-19)26-13-11-25(12-14-26)16-18-5-2-1-3-6-18/h1-7,10,15,17H,8-9,11-14,16H2. The summed E-state index contributed by atoms with van der Waals surface area (Å²) in [5.74, 6) is 0.232. The molecule has 0 atom stereocenters. The minimum absolute atomic E-state index is 0.232. The van der Waals surface area contributed by atoms with Crippen LogP contribution in [0.2, 0.25) is 0 Å². The molecule has 3 heterocycles. The first-order valence-electron chi connectivity index (χ1n) is 9.67. The van der Waals surface area contributed by atoms with Crippen molar-refractivity contribution < 1.29 is 4.79 Å². The van der Waals surface area contributed by atoms with Crippen LogP contribution in [0.1, 0.15) is 17.7 Å². The molecule has 3 aromatic rings. The van der Waals surface area contributed by atoms with E-state index in [0.29, 0.717) is 12.8 Å². The number of aryl methyl sites for hydroxylation is 1. The van der Waals surface area contributed by atoms with Gasteiger partial charge in [0.05, 0.1) is 5.69 Å². The molecule has 2 aromatic heterocycles. The molecule has 1 fully saturated rings. The second-order valence-corrected chi connectivity index (χ2v) is 7.89. The lowest BCUT2D eigenvalue weighted by atomic mass is 10.2. The first kappa shape index (κ1) is 18.8. The summed E-state index contributed by atoms with van der Waals surface area (Å²) >= 11 is 1.61.